The molecule has 0 aromatic rings. The summed E-state index contributed by atoms with van der Waals surface area (Å²) in [5.41, 5.74) is 0. The second kappa shape index (κ2) is 6.12. The lowest BCUT2D eigenvalue weighted by Crippen LogP contribution is -2.30. The van der Waals surface area contributed by atoms with Crippen molar-refractivity contribution in [3.63, 3.8) is 0 Å². The summed E-state index contributed by atoms with van der Waals surface area (Å²) in [7, 11) is 0. The molecule has 0 aromatic carbocycles. The maximum atomic E-state index is 10.2. The van der Waals surface area contributed by atoms with Crippen LogP contribution in [0.25, 0.3) is 0 Å². The molecule has 0 fully saturated rings. The van der Waals surface area contributed by atoms with E-state index in [0.717, 1.165) is 0 Å². The third kappa shape index (κ3) is 5.24. The van der Waals surface area contributed by atoms with Crippen molar-refractivity contribution in [2.75, 3.05) is 6.54 Å². The Bertz CT molecular complexity index is 186. The molecule has 0 bridgehead atoms. The predicted molar refractivity (Wildman–Crippen MR) is 56.4 cm³/mol. The Morgan fingerprint density at radius 2 is 2.42 bits per heavy atom. The molecule has 3 nitrogen and oxygen atoms in total. The van der Waals surface area contributed by atoms with Gasteiger partial charge in [-0.25, -0.2) is 4.79 Å². The van der Waals surface area contributed by atoms with Crippen LogP contribution in [0, 0.1) is 18.3 Å². The van der Waals surface area contributed by atoms with Crippen molar-refractivity contribution in [2.24, 2.45) is 5.92 Å². The molecule has 0 spiro atoms. The average Bonchev–Trinajstić information content (AvgIpc) is 1.96. The first-order valence-electron chi connectivity index (χ1n) is 3.62. The number of terminal acetylenes is 1. The Balaban J connectivity index is 3.80. The molecule has 0 saturated carbocycles. The van der Waals surface area contributed by atoms with Crippen molar-refractivity contribution in [3.05, 3.63) is 0 Å². The van der Waals surface area contributed by atoms with E-state index in [1.807, 2.05) is 6.92 Å². The highest BCUT2D eigenvalue weighted by Gasteiger charge is 2.13. The van der Waals surface area contributed by atoms with Crippen LogP contribution in [-0.4, -0.2) is 21.7 Å². The van der Waals surface area contributed by atoms with Crippen LogP contribution in [0.15, 0.2) is 0 Å². The number of rotatable bonds is 4. The van der Waals surface area contributed by atoms with Crippen LogP contribution in [0.5, 0.6) is 0 Å². The van der Waals surface area contributed by atoms with E-state index in [9.17, 15) is 4.79 Å². The first-order valence-corrected chi connectivity index (χ1v) is 4.86. The minimum atomic E-state index is -0.992. The van der Waals surface area contributed by atoms with Crippen molar-refractivity contribution in [3.8, 4) is 12.3 Å². The number of carbonyl (C=O) groups is 1. The number of halogens is 1. The molecule has 0 aliphatic heterocycles. The molecular formula is C8H12INO2. The van der Waals surface area contributed by atoms with Crippen LogP contribution in [0.1, 0.15) is 13.3 Å². The molecule has 4 heteroatoms. The second-order valence-corrected chi connectivity index (χ2v) is 4.50. The zero-order valence-electron chi connectivity index (χ0n) is 6.88. The van der Waals surface area contributed by atoms with Crippen molar-refractivity contribution < 1.29 is 9.90 Å². The van der Waals surface area contributed by atoms with Gasteiger partial charge in [-0.15, -0.1) is 12.3 Å². The van der Waals surface area contributed by atoms with E-state index in [4.69, 9.17) is 11.5 Å². The van der Waals surface area contributed by atoms with Gasteiger partial charge in [-0.1, -0.05) is 29.5 Å². The highest BCUT2D eigenvalue weighted by molar-refractivity contribution is 14.1. The Labute approximate surface area is 86.1 Å². The van der Waals surface area contributed by atoms with Crippen LogP contribution >= 0.6 is 22.6 Å². The maximum Gasteiger partial charge on any atom is 0.404 e. The van der Waals surface area contributed by atoms with E-state index in [-0.39, 0.29) is 5.92 Å². The summed E-state index contributed by atoms with van der Waals surface area (Å²) in [6, 6.07) is 0. The predicted octanol–water partition coefficient (Wildman–Crippen LogP) is 1.72. The molecule has 0 aromatic heterocycles. The van der Waals surface area contributed by atoms with E-state index in [0.29, 0.717) is 16.9 Å². The van der Waals surface area contributed by atoms with Gasteiger partial charge >= 0.3 is 6.09 Å². The topological polar surface area (TPSA) is 49.3 Å². The average molecular weight is 281 g/mol. The summed E-state index contributed by atoms with van der Waals surface area (Å²) in [4.78, 5) is 10.2. The van der Waals surface area contributed by atoms with Gasteiger partial charge in [0.2, 0.25) is 0 Å². The number of carboxylic acid groups (broad SMARTS) is 1. The van der Waals surface area contributed by atoms with Gasteiger partial charge in [0, 0.05) is 16.9 Å². The van der Waals surface area contributed by atoms with Crippen LogP contribution < -0.4 is 5.32 Å². The Morgan fingerprint density at radius 1 is 1.83 bits per heavy atom. The van der Waals surface area contributed by atoms with E-state index in [1.165, 1.54) is 0 Å². The lowest BCUT2D eigenvalue weighted by Gasteiger charge is -2.16. The minimum absolute atomic E-state index is 0.228. The first kappa shape index (κ1) is 11.6. The highest BCUT2D eigenvalue weighted by Crippen LogP contribution is 2.15. The summed E-state index contributed by atoms with van der Waals surface area (Å²) in [6.07, 6.45) is 4.77. The van der Waals surface area contributed by atoms with E-state index in [1.54, 1.807) is 0 Å². The van der Waals surface area contributed by atoms with Crippen molar-refractivity contribution in [1.29, 1.82) is 0 Å². The van der Waals surface area contributed by atoms with Gasteiger partial charge < -0.3 is 10.4 Å². The fraction of sp³-hybridized carbons (Fsp3) is 0.625. The fourth-order valence-corrected chi connectivity index (χ4v) is 1.28. The lowest BCUT2D eigenvalue weighted by molar-refractivity contribution is 0.192. The van der Waals surface area contributed by atoms with Crippen LogP contribution in [0.3, 0.4) is 0 Å². The number of amides is 1. The third-order valence-corrected chi connectivity index (χ3v) is 2.56. The Hall–Kier alpha value is -0.440. The molecule has 2 atom stereocenters. The zero-order chi connectivity index (χ0) is 9.56. The summed E-state index contributed by atoms with van der Waals surface area (Å²) >= 11 is 2.25. The minimum Gasteiger partial charge on any atom is -0.465 e. The van der Waals surface area contributed by atoms with Gasteiger partial charge in [0.15, 0.2) is 0 Å². The standard InChI is InChI=1S/C8H12INO2/c1-3-4-7(6(2)9)5-10-8(11)12/h1,6-7,10H,4-5H2,2H3,(H,11,12). The summed E-state index contributed by atoms with van der Waals surface area (Å²) in [5.74, 6) is 2.76. The third-order valence-electron chi connectivity index (χ3n) is 1.55. The van der Waals surface area contributed by atoms with Crippen LogP contribution in [0.4, 0.5) is 4.79 Å². The Morgan fingerprint density at radius 3 is 2.75 bits per heavy atom. The zero-order valence-corrected chi connectivity index (χ0v) is 9.04. The van der Waals surface area contributed by atoms with Gasteiger partial charge in [0.05, 0.1) is 0 Å². The van der Waals surface area contributed by atoms with E-state index < -0.39 is 6.09 Å². The molecule has 12 heavy (non-hydrogen) atoms. The number of hydrogen-bond acceptors (Lipinski definition) is 1. The molecule has 0 aliphatic carbocycles. The molecule has 2 N–H and O–H groups in total. The Kier molecular flexibility index (Phi) is 5.89. The molecule has 0 radical (unpaired) electrons. The largest absolute Gasteiger partial charge is 0.465 e. The van der Waals surface area contributed by atoms with E-state index in [2.05, 4.69) is 33.8 Å². The second-order valence-electron chi connectivity index (χ2n) is 2.53. The maximum absolute atomic E-state index is 10.2. The molecule has 1 amide bonds. The van der Waals surface area contributed by atoms with Crippen molar-refractivity contribution in [1.82, 2.24) is 5.32 Å². The highest BCUT2D eigenvalue weighted by atomic mass is 127. The molecule has 0 heterocycles. The first-order chi connectivity index (χ1) is 5.57. The molecular weight excluding hydrogens is 269 g/mol. The molecule has 68 valence electrons. The normalized spacial score (nSPS) is 14.4. The fourth-order valence-electron chi connectivity index (χ4n) is 0.767. The number of nitrogens with one attached hydrogen (secondary N) is 1. The van der Waals surface area contributed by atoms with Crippen LogP contribution in [-0.2, 0) is 0 Å². The SMILES string of the molecule is C#CCC(CNC(=O)O)C(C)I. The van der Waals surface area contributed by atoms with Gasteiger partial charge in [0.1, 0.15) is 0 Å². The van der Waals surface area contributed by atoms with Crippen molar-refractivity contribution in [2.45, 2.75) is 17.3 Å². The smallest absolute Gasteiger partial charge is 0.404 e. The van der Waals surface area contributed by atoms with Gasteiger partial charge in [-0.05, 0) is 5.92 Å². The van der Waals surface area contributed by atoms with E-state index >= 15 is 0 Å². The van der Waals surface area contributed by atoms with Gasteiger partial charge in [0.25, 0.3) is 0 Å². The summed E-state index contributed by atoms with van der Waals surface area (Å²) in [6.45, 7) is 2.45. The monoisotopic (exact) mass is 281 g/mol. The van der Waals surface area contributed by atoms with Crippen LogP contribution in [0.2, 0.25) is 0 Å². The molecule has 0 aliphatic rings. The quantitative estimate of drug-likeness (QED) is 0.468. The summed E-state index contributed by atoms with van der Waals surface area (Å²) < 4.78 is 0.380. The van der Waals surface area contributed by atoms with Gasteiger partial charge in [-0.2, -0.15) is 0 Å². The van der Waals surface area contributed by atoms with Gasteiger partial charge in [-0.3, -0.25) is 0 Å². The molecule has 0 rings (SSSR count). The molecule has 0 saturated heterocycles. The lowest BCUT2D eigenvalue weighted by atomic mass is 10.0. The summed E-state index contributed by atoms with van der Waals surface area (Å²) in [5, 5.41) is 10.7. The number of hydrogen-bond donors (Lipinski definition) is 2. The van der Waals surface area contributed by atoms with Crippen molar-refractivity contribution >= 4 is 28.7 Å². The molecule has 2 unspecified atom stereocenters. The number of alkyl halides is 1.